The van der Waals surface area contributed by atoms with Crippen LogP contribution >= 0.6 is 0 Å². The molecule has 0 saturated carbocycles. The number of nitrogens with one attached hydrogen (secondary N) is 1. The fraction of sp³-hybridized carbons (Fsp3) is 0.588. The Labute approximate surface area is 121 Å². The maximum absolute atomic E-state index is 12.3. The zero-order valence-corrected chi connectivity index (χ0v) is 12.7. The van der Waals surface area contributed by atoms with E-state index in [9.17, 15) is 4.79 Å². The van der Waals surface area contributed by atoms with E-state index in [1.165, 1.54) is 25.5 Å². The molecule has 2 atom stereocenters. The summed E-state index contributed by atoms with van der Waals surface area (Å²) in [6, 6.07) is 8.40. The topological polar surface area (TPSA) is 38.3 Å². The van der Waals surface area contributed by atoms with Crippen LogP contribution in [0.15, 0.2) is 24.3 Å². The Balaban J connectivity index is 2.24. The molecule has 110 valence electrons. The summed E-state index contributed by atoms with van der Waals surface area (Å²) in [7, 11) is 1.48. The van der Waals surface area contributed by atoms with Crippen LogP contribution in [-0.4, -0.2) is 19.1 Å². The zero-order valence-electron chi connectivity index (χ0n) is 12.7. The maximum Gasteiger partial charge on any atom is 0.313 e. The van der Waals surface area contributed by atoms with Gasteiger partial charge in [-0.25, -0.2) is 0 Å². The Morgan fingerprint density at radius 1 is 1.40 bits per heavy atom. The van der Waals surface area contributed by atoms with Gasteiger partial charge in [-0.15, -0.1) is 0 Å². The van der Waals surface area contributed by atoms with Crippen molar-refractivity contribution < 1.29 is 9.53 Å². The summed E-state index contributed by atoms with van der Waals surface area (Å²) in [5, 5.41) is 3.56. The predicted octanol–water partition coefficient (Wildman–Crippen LogP) is 3.78. The van der Waals surface area contributed by atoms with Crippen molar-refractivity contribution in [2.45, 2.75) is 52.0 Å². The van der Waals surface area contributed by atoms with Crippen LogP contribution in [0.4, 0.5) is 5.69 Å². The molecule has 1 aliphatic heterocycles. The van der Waals surface area contributed by atoms with Crippen LogP contribution in [0, 0.1) is 5.41 Å². The second-order valence-corrected chi connectivity index (χ2v) is 5.94. The average Bonchev–Trinajstić information content (AvgIpc) is 2.47. The van der Waals surface area contributed by atoms with Gasteiger partial charge in [0.1, 0.15) is 0 Å². The first-order valence-electron chi connectivity index (χ1n) is 7.54. The number of hydrogen-bond acceptors (Lipinski definition) is 3. The fourth-order valence-corrected chi connectivity index (χ4v) is 3.12. The molecule has 3 heteroatoms. The number of fused-ring (bicyclic) bond motifs is 1. The Bertz CT molecular complexity index is 472. The van der Waals surface area contributed by atoms with Crippen LogP contribution in [-0.2, 0) is 16.0 Å². The fourth-order valence-electron chi connectivity index (χ4n) is 3.12. The monoisotopic (exact) mass is 275 g/mol. The largest absolute Gasteiger partial charge is 0.469 e. The lowest BCUT2D eigenvalue weighted by Crippen LogP contribution is -2.49. The molecular weight excluding hydrogens is 250 g/mol. The van der Waals surface area contributed by atoms with E-state index < -0.39 is 5.41 Å². The van der Waals surface area contributed by atoms with Gasteiger partial charge in [-0.2, -0.15) is 0 Å². The molecule has 0 amide bonds. The number of hydrogen-bond donors (Lipinski definition) is 1. The Morgan fingerprint density at radius 2 is 2.15 bits per heavy atom. The van der Waals surface area contributed by atoms with Gasteiger partial charge in [0.2, 0.25) is 0 Å². The van der Waals surface area contributed by atoms with Crippen LogP contribution < -0.4 is 5.32 Å². The zero-order chi connectivity index (χ0) is 14.6. The normalized spacial score (nSPS) is 24.6. The molecule has 20 heavy (non-hydrogen) atoms. The van der Waals surface area contributed by atoms with Gasteiger partial charge in [-0.3, -0.25) is 4.79 Å². The molecule has 0 aromatic heterocycles. The number of esters is 1. The minimum absolute atomic E-state index is 0.110. The summed E-state index contributed by atoms with van der Waals surface area (Å²) in [5.41, 5.74) is 1.89. The van der Waals surface area contributed by atoms with Crippen molar-refractivity contribution in [3.8, 4) is 0 Å². The van der Waals surface area contributed by atoms with E-state index in [4.69, 9.17) is 4.74 Å². The first kappa shape index (κ1) is 14.9. The van der Waals surface area contributed by atoms with Gasteiger partial charge >= 0.3 is 5.97 Å². The highest BCUT2D eigenvalue weighted by atomic mass is 16.5. The quantitative estimate of drug-likeness (QED) is 0.656. The molecule has 0 unspecified atom stereocenters. The van der Waals surface area contributed by atoms with E-state index in [1.807, 2.05) is 19.1 Å². The summed E-state index contributed by atoms with van der Waals surface area (Å²) in [6.45, 7) is 4.22. The Hall–Kier alpha value is -1.51. The van der Waals surface area contributed by atoms with Crippen molar-refractivity contribution in [3.63, 3.8) is 0 Å². The summed E-state index contributed by atoms with van der Waals surface area (Å²) in [5.74, 6) is -0.110. The van der Waals surface area contributed by atoms with E-state index >= 15 is 0 Å². The van der Waals surface area contributed by atoms with Crippen molar-refractivity contribution >= 4 is 11.7 Å². The number of benzene rings is 1. The molecule has 0 radical (unpaired) electrons. The molecule has 1 aliphatic rings. The van der Waals surface area contributed by atoms with Gasteiger partial charge in [0.25, 0.3) is 0 Å². The molecule has 1 aromatic carbocycles. The lowest BCUT2D eigenvalue weighted by Gasteiger charge is -2.41. The lowest BCUT2D eigenvalue weighted by molar-refractivity contribution is -0.153. The number of ether oxygens (including phenoxy) is 1. The van der Waals surface area contributed by atoms with Crippen LogP contribution in [0.2, 0.25) is 0 Å². The summed E-state index contributed by atoms with van der Waals surface area (Å²) in [6.07, 6.45) is 5.30. The maximum atomic E-state index is 12.3. The third kappa shape index (κ3) is 2.82. The van der Waals surface area contributed by atoms with Gasteiger partial charge < -0.3 is 10.1 Å². The second kappa shape index (κ2) is 6.29. The molecule has 0 aliphatic carbocycles. The number of para-hydroxylation sites is 1. The van der Waals surface area contributed by atoms with Crippen LogP contribution in [0.5, 0.6) is 0 Å². The van der Waals surface area contributed by atoms with Crippen molar-refractivity contribution in [1.82, 2.24) is 0 Å². The molecule has 0 spiro atoms. The number of carbonyl (C=O) groups excluding carboxylic acids is 1. The van der Waals surface area contributed by atoms with Crippen LogP contribution in [0.1, 0.15) is 45.1 Å². The van der Waals surface area contributed by atoms with Gasteiger partial charge in [0.15, 0.2) is 0 Å². The summed E-state index contributed by atoms with van der Waals surface area (Å²) in [4.78, 5) is 12.3. The van der Waals surface area contributed by atoms with Crippen LogP contribution in [0.25, 0.3) is 0 Å². The third-order valence-electron chi connectivity index (χ3n) is 4.42. The smallest absolute Gasteiger partial charge is 0.313 e. The van der Waals surface area contributed by atoms with E-state index in [-0.39, 0.29) is 12.0 Å². The second-order valence-electron chi connectivity index (χ2n) is 5.94. The number of unbranched alkanes of at least 4 members (excludes halogenated alkanes) is 2. The predicted molar refractivity (Wildman–Crippen MR) is 81.8 cm³/mol. The molecule has 2 rings (SSSR count). The van der Waals surface area contributed by atoms with Gasteiger partial charge in [-0.1, -0.05) is 44.4 Å². The minimum Gasteiger partial charge on any atom is -0.469 e. The van der Waals surface area contributed by atoms with Crippen LogP contribution in [0.3, 0.4) is 0 Å². The van der Waals surface area contributed by atoms with Gasteiger partial charge in [0.05, 0.1) is 12.5 Å². The highest BCUT2D eigenvalue weighted by Gasteiger charge is 2.45. The minimum atomic E-state index is -0.475. The molecule has 0 saturated heterocycles. The van der Waals surface area contributed by atoms with Gasteiger partial charge in [0, 0.05) is 11.7 Å². The van der Waals surface area contributed by atoms with Crippen molar-refractivity contribution in [2.24, 2.45) is 5.41 Å². The molecule has 0 bridgehead atoms. The van der Waals surface area contributed by atoms with Crippen molar-refractivity contribution in [2.75, 3.05) is 12.4 Å². The van der Waals surface area contributed by atoms with Gasteiger partial charge in [-0.05, 0) is 31.4 Å². The van der Waals surface area contributed by atoms with E-state index in [1.54, 1.807) is 0 Å². The van der Waals surface area contributed by atoms with Crippen molar-refractivity contribution in [1.29, 1.82) is 0 Å². The first-order chi connectivity index (χ1) is 9.61. The number of rotatable bonds is 5. The molecule has 3 nitrogen and oxygen atoms in total. The van der Waals surface area contributed by atoms with E-state index in [2.05, 4.69) is 24.4 Å². The SMILES string of the molecule is CCCCC[C@H]1Nc2ccccc2C[C@@]1(C)C(=O)OC. The molecule has 1 aromatic rings. The molecular formula is C17H25NO2. The molecule has 0 fully saturated rings. The third-order valence-corrected chi connectivity index (χ3v) is 4.42. The highest BCUT2D eigenvalue weighted by molar-refractivity contribution is 5.80. The highest BCUT2D eigenvalue weighted by Crippen LogP contribution is 2.39. The van der Waals surface area contributed by atoms with E-state index in [0.717, 1.165) is 24.9 Å². The molecule has 1 N–H and O–H groups in total. The number of methoxy groups -OCH3 is 1. The first-order valence-corrected chi connectivity index (χ1v) is 7.54. The number of anilines is 1. The Morgan fingerprint density at radius 3 is 2.85 bits per heavy atom. The average molecular weight is 275 g/mol. The lowest BCUT2D eigenvalue weighted by atomic mass is 9.72. The number of carbonyl (C=O) groups is 1. The summed E-state index contributed by atoms with van der Waals surface area (Å²) < 4.78 is 5.07. The summed E-state index contributed by atoms with van der Waals surface area (Å²) >= 11 is 0. The van der Waals surface area contributed by atoms with E-state index in [0.29, 0.717) is 0 Å². The van der Waals surface area contributed by atoms with Crippen molar-refractivity contribution in [3.05, 3.63) is 29.8 Å². The Kier molecular flexibility index (Phi) is 4.69. The molecule has 1 heterocycles. The standard InChI is InChI=1S/C17H25NO2/c1-4-5-6-11-15-17(2,16(19)20-3)12-13-9-7-8-10-14(13)18-15/h7-10,15,18H,4-6,11-12H2,1-3H3/t15-,17-/m1/s1.